The fourth-order valence-corrected chi connectivity index (χ4v) is 1.41. The molecule has 1 aromatic carbocycles. The molecular weight excluding hydrogens is 222 g/mol. The molecule has 3 N–H and O–H groups in total. The predicted molar refractivity (Wildman–Crippen MR) is 63.5 cm³/mol. The third-order valence-corrected chi connectivity index (χ3v) is 2.14. The number of esters is 1. The second-order valence-electron chi connectivity index (χ2n) is 3.37. The van der Waals surface area contributed by atoms with E-state index in [0.29, 0.717) is 23.4 Å². The van der Waals surface area contributed by atoms with Crippen molar-refractivity contribution in [2.24, 2.45) is 0 Å². The molecule has 6 heteroatoms. The first-order chi connectivity index (χ1) is 8.20. The molecule has 0 aliphatic heterocycles. The van der Waals surface area contributed by atoms with Gasteiger partial charge in [-0.3, -0.25) is 4.79 Å². The van der Waals surface area contributed by atoms with Gasteiger partial charge >= 0.3 is 5.97 Å². The molecule has 2 rings (SSSR count). The zero-order valence-electron chi connectivity index (χ0n) is 9.40. The van der Waals surface area contributed by atoms with Crippen molar-refractivity contribution in [3.05, 3.63) is 18.2 Å². The number of aromatic nitrogens is 1. The molecule has 90 valence electrons. The Hall–Kier alpha value is -2.24. The molecule has 0 saturated carbocycles. The Morgan fingerprint density at radius 1 is 1.59 bits per heavy atom. The number of nitrogens with two attached hydrogens (primary N) is 1. The van der Waals surface area contributed by atoms with E-state index >= 15 is 0 Å². The Balaban J connectivity index is 2.10. The number of hydrogen-bond acceptors (Lipinski definition) is 6. The number of para-hydroxylation sites is 1. The minimum Gasteiger partial charge on any atom is -0.465 e. The van der Waals surface area contributed by atoms with E-state index in [1.165, 1.54) is 0 Å². The van der Waals surface area contributed by atoms with Crippen molar-refractivity contribution in [1.29, 1.82) is 0 Å². The average Bonchev–Trinajstić information content (AvgIpc) is 2.71. The maximum absolute atomic E-state index is 11.1. The van der Waals surface area contributed by atoms with E-state index in [1.54, 1.807) is 25.1 Å². The second kappa shape index (κ2) is 4.73. The summed E-state index contributed by atoms with van der Waals surface area (Å²) in [6.45, 7) is 2.11. The van der Waals surface area contributed by atoms with Crippen molar-refractivity contribution in [2.75, 3.05) is 24.2 Å². The van der Waals surface area contributed by atoms with Crippen LogP contribution in [0.5, 0.6) is 0 Å². The van der Waals surface area contributed by atoms with E-state index in [0.717, 1.165) is 0 Å². The zero-order chi connectivity index (χ0) is 12.3. The summed E-state index contributed by atoms with van der Waals surface area (Å²) in [5, 5.41) is 2.74. The van der Waals surface area contributed by atoms with Gasteiger partial charge in [-0.05, 0) is 19.1 Å². The van der Waals surface area contributed by atoms with Crippen LogP contribution in [0.15, 0.2) is 22.6 Å². The molecule has 0 amide bonds. The SMILES string of the molecule is CCOC(=O)CNc1nc2c(N)cccc2o1. The van der Waals surface area contributed by atoms with E-state index in [4.69, 9.17) is 14.9 Å². The van der Waals surface area contributed by atoms with Crippen LogP contribution in [0.1, 0.15) is 6.92 Å². The molecule has 0 radical (unpaired) electrons. The Kier molecular flexibility index (Phi) is 3.13. The number of rotatable bonds is 4. The van der Waals surface area contributed by atoms with Gasteiger partial charge in [-0.2, -0.15) is 4.98 Å². The fraction of sp³-hybridized carbons (Fsp3) is 0.273. The summed E-state index contributed by atoms with van der Waals surface area (Å²) in [5.41, 5.74) is 7.43. The van der Waals surface area contributed by atoms with Crippen LogP contribution in [-0.2, 0) is 9.53 Å². The van der Waals surface area contributed by atoms with Crippen LogP contribution in [0, 0.1) is 0 Å². The molecular formula is C11H13N3O3. The first kappa shape index (κ1) is 11.3. The molecule has 0 fully saturated rings. The summed E-state index contributed by atoms with van der Waals surface area (Å²) in [6, 6.07) is 5.53. The molecule has 0 atom stereocenters. The number of anilines is 2. The number of carbonyl (C=O) groups excluding carboxylic acids is 1. The normalized spacial score (nSPS) is 10.4. The molecule has 1 heterocycles. The lowest BCUT2D eigenvalue weighted by Crippen LogP contribution is -2.16. The molecule has 0 aliphatic carbocycles. The molecule has 1 aromatic heterocycles. The number of fused-ring (bicyclic) bond motifs is 1. The van der Waals surface area contributed by atoms with Crippen LogP contribution in [0.4, 0.5) is 11.7 Å². The maximum Gasteiger partial charge on any atom is 0.325 e. The lowest BCUT2D eigenvalue weighted by molar-refractivity contribution is -0.140. The zero-order valence-corrected chi connectivity index (χ0v) is 9.40. The smallest absolute Gasteiger partial charge is 0.325 e. The molecule has 0 spiro atoms. The summed E-state index contributed by atoms with van der Waals surface area (Å²) in [4.78, 5) is 15.3. The fourth-order valence-electron chi connectivity index (χ4n) is 1.41. The second-order valence-corrected chi connectivity index (χ2v) is 3.37. The Bertz CT molecular complexity index is 536. The number of ether oxygens (including phenoxy) is 1. The Labute approximate surface area is 97.8 Å². The summed E-state index contributed by atoms with van der Waals surface area (Å²) in [7, 11) is 0. The van der Waals surface area contributed by atoms with Crippen molar-refractivity contribution in [2.45, 2.75) is 6.92 Å². The van der Waals surface area contributed by atoms with E-state index in [1.807, 2.05) is 0 Å². The topological polar surface area (TPSA) is 90.4 Å². The predicted octanol–water partition coefficient (Wildman–Crippen LogP) is 1.38. The van der Waals surface area contributed by atoms with Gasteiger partial charge in [-0.15, -0.1) is 0 Å². The highest BCUT2D eigenvalue weighted by Crippen LogP contribution is 2.23. The molecule has 2 aromatic rings. The van der Waals surface area contributed by atoms with Gasteiger partial charge < -0.3 is 20.2 Å². The number of hydrogen-bond donors (Lipinski definition) is 2. The first-order valence-electron chi connectivity index (χ1n) is 5.25. The van der Waals surface area contributed by atoms with Gasteiger partial charge in [0, 0.05) is 0 Å². The molecule has 0 aliphatic rings. The average molecular weight is 235 g/mol. The van der Waals surface area contributed by atoms with Crippen LogP contribution in [0.3, 0.4) is 0 Å². The van der Waals surface area contributed by atoms with Crippen molar-refractivity contribution < 1.29 is 13.9 Å². The molecule has 6 nitrogen and oxygen atoms in total. The van der Waals surface area contributed by atoms with E-state index < -0.39 is 0 Å². The van der Waals surface area contributed by atoms with Crippen LogP contribution in [-0.4, -0.2) is 24.1 Å². The minimum absolute atomic E-state index is 0.0145. The lowest BCUT2D eigenvalue weighted by Gasteiger charge is -2.00. The van der Waals surface area contributed by atoms with Crippen LogP contribution in [0.25, 0.3) is 11.1 Å². The van der Waals surface area contributed by atoms with Gasteiger partial charge in [0.2, 0.25) is 0 Å². The van der Waals surface area contributed by atoms with Gasteiger partial charge in [0.1, 0.15) is 12.1 Å². The maximum atomic E-state index is 11.1. The monoisotopic (exact) mass is 235 g/mol. The third-order valence-electron chi connectivity index (χ3n) is 2.14. The molecule has 0 bridgehead atoms. The van der Waals surface area contributed by atoms with Crippen molar-refractivity contribution in [3.8, 4) is 0 Å². The van der Waals surface area contributed by atoms with Gasteiger partial charge in [0.25, 0.3) is 6.01 Å². The van der Waals surface area contributed by atoms with Gasteiger partial charge in [-0.25, -0.2) is 0 Å². The first-order valence-corrected chi connectivity index (χ1v) is 5.25. The highest BCUT2D eigenvalue weighted by molar-refractivity contribution is 5.86. The van der Waals surface area contributed by atoms with Crippen molar-refractivity contribution in [1.82, 2.24) is 4.98 Å². The van der Waals surface area contributed by atoms with Crippen molar-refractivity contribution >= 4 is 28.8 Å². The van der Waals surface area contributed by atoms with Crippen LogP contribution < -0.4 is 11.1 Å². The highest BCUT2D eigenvalue weighted by atomic mass is 16.5. The number of carbonyl (C=O) groups is 1. The molecule has 17 heavy (non-hydrogen) atoms. The largest absolute Gasteiger partial charge is 0.465 e. The van der Waals surface area contributed by atoms with Crippen LogP contribution in [0.2, 0.25) is 0 Å². The standard InChI is InChI=1S/C11H13N3O3/c1-2-16-9(15)6-13-11-14-10-7(12)4-3-5-8(10)17-11/h3-5H,2,6,12H2,1H3,(H,13,14). The Morgan fingerprint density at radius 3 is 3.12 bits per heavy atom. The highest BCUT2D eigenvalue weighted by Gasteiger charge is 2.09. The number of benzene rings is 1. The number of nitrogens with one attached hydrogen (secondary N) is 1. The summed E-state index contributed by atoms with van der Waals surface area (Å²) in [6.07, 6.45) is 0. The molecule has 0 unspecified atom stereocenters. The number of nitrogen functional groups attached to an aromatic ring is 1. The number of oxazole rings is 1. The van der Waals surface area contributed by atoms with E-state index in [-0.39, 0.29) is 18.5 Å². The van der Waals surface area contributed by atoms with Crippen molar-refractivity contribution in [3.63, 3.8) is 0 Å². The Morgan fingerprint density at radius 2 is 2.41 bits per heavy atom. The van der Waals surface area contributed by atoms with Gasteiger partial charge in [-0.1, -0.05) is 6.07 Å². The third kappa shape index (κ3) is 2.47. The molecule has 0 saturated heterocycles. The minimum atomic E-state index is -0.359. The van der Waals surface area contributed by atoms with E-state index in [2.05, 4.69) is 10.3 Å². The summed E-state index contributed by atoms with van der Waals surface area (Å²) in [5.74, 6) is -0.359. The summed E-state index contributed by atoms with van der Waals surface area (Å²) < 4.78 is 10.1. The lowest BCUT2D eigenvalue weighted by atomic mass is 10.3. The van der Waals surface area contributed by atoms with E-state index in [9.17, 15) is 4.79 Å². The quantitative estimate of drug-likeness (QED) is 0.614. The number of nitrogens with zero attached hydrogens (tertiary/aromatic N) is 1. The van der Waals surface area contributed by atoms with Gasteiger partial charge in [0.15, 0.2) is 5.58 Å². The van der Waals surface area contributed by atoms with Crippen LogP contribution >= 0.6 is 0 Å². The van der Waals surface area contributed by atoms with Gasteiger partial charge in [0.05, 0.1) is 12.3 Å². The summed E-state index contributed by atoms with van der Waals surface area (Å²) >= 11 is 0.